The van der Waals surface area contributed by atoms with Crippen molar-refractivity contribution < 1.29 is 9.15 Å². The molecule has 0 N–H and O–H groups in total. The number of furan rings is 1. The number of morpholine rings is 1. The first kappa shape index (κ1) is 17.1. The van der Waals surface area contributed by atoms with E-state index in [0.29, 0.717) is 18.2 Å². The molecule has 0 aliphatic carbocycles. The van der Waals surface area contributed by atoms with E-state index in [0.717, 1.165) is 44.1 Å². The van der Waals surface area contributed by atoms with E-state index in [1.807, 2.05) is 6.07 Å². The molecule has 0 saturated carbocycles. The third-order valence-corrected chi connectivity index (χ3v) is 5.83. The molecular weight excluding hydrogens is 312 g/mol. The molecule has 4 rings (SSSR count). The van der Waals surface area contributed by atoms with Crippen LogP contribution in [0.2, 0.25) is 0 Å². The summed E-state index contributed by atoms with van der Waals surface area (Å²) >= 11 is 0. The zero-order chi connectivity index (χ0) is 17.4. The van der Waals surface area contributed by atoms with Gasteiger partial charge in [-0.15, -0.1) is 0 Å². The second-order valence-electron chi connectivity index (χ2n) is 7.86. The lowest BCUT2D eigenvalue weighted by Gasteiger charge is -2.43. The molecule has 136 valence electrons. The summed E-state index contributed by atoms with van der Waals surface area (Å²) in [4.78, 5) is 5.21. The van der Waals surface area contributed by atoms with Crippen LogP contribution in [0, 0.1) is 6.92 Å². The summed E-state index contributed by atoms with van der Waals surface area (Å²) in [6.07, 6.45) is 3.22. The Labute approximate surface area is 150 Å². The third kappa shape index (κ3) is 3.62. The number of fused-ring (bicyclic) bond motifs is 1. The summed E-state index contributed by atoms with van der Waals surface area (Å²) in [6.45, 7) is 12.0. The highest BCUT2D eigenvalue weighted by atomic mass is 16.5. The molecule has 0 spiro atoms. The average Bonchev–Trinajstić information content (AvgIpc) is 2.91. The fourth-order valence-corrected chi connectivity index (χ4v) is 4.54. The molecule has 25 heavy (non-hydrogen) atoms. The largest absolute Gasteiger partial charge is 0.459 e. The van der Waals surface area contributed by atoms with Gasteiger partial charge in [-0.25, -0.2) is 0 Å². The van der Waals surface area contributed by atoms with Crippen molar-refractivity contribution in [3.63, 3.8) is 0 Å². The van der Waals surface area contributed by atoms with Gasteiger partial charge in [-0.1, -0.05) is 18.2 Å². The van der Waals surface area contributed by atoms with Crippen LogP contribution in [0.5, 0.6) is 0 Å². The van der Waals surface area contributed by atoms with Crippen LogP contribution in [-0.4, -0.2) is 54.2 Å². The number of likely N-dealkylation sites (tertiary alicyclic amines) is 1. The fraction of sp³-hybridized carbons (Fsp3) is 0.619. The lowest BCUT2D eigenvalue weighted by Crippen LogP contribution is -2.53. The Bertz CT molecular complexity index is 708. The monoisotopic (exact) mass is 342 g/mol. The standard InChI is InChI=1S/C21H30N2O2/c1-15-12-23(13-16(2)24-15)18-8-10-22(11-9-18)14-21-17(3)19-6-4-5-7-20(19)25-21/h4-7,15-16,18H,8-14H2,1-3H3/t15-,16-/m1/s1. The van der Waals surface area contributed by atoms with Gasteiger partial charge in [0.15, 0.2) is 0 Å². The first-order valence-electron chi connectivity index (χ1n) is 9.69. The summed E-state index contributed by atoms with van der Waals surface area (Å²) in [5.74, 6) is 1.13. The van der Waals surface area contributed by atoms with Crippen molar-refractivity contribution in [2.24, 2.45) is 0 Å². The van der Waals surface area contributed by atoms with E-state index in [1.54, 1.807) is 0 Å². The van der Waals surface area contributed by atoms with E-state index in [9.17, 15) is 0 Å². The number of hydrogen-bond acceptors (Lipinski definition) is 4. The van der Waals surface area contributed by atoms with Gasteiger partial charge in [0.25, 0.3) is 0 Å². The topological polar surface area (TPSA) is 28.9 Å². The summed E-state index contributed by atoms with van der Waals surface area (Å²) in [6, 6.07) is 9.07. The number of nitrogens with zero attached hydrogens (tertiary/aromatic N) is 2. The van der Waals surface area contributed by atoms with Crippen LogP contribution >= 0.6 is 0 Å². The van der Waals surface area contributed by atoms with E-state index in [-0.39, 0.29) is 0 Å². The number of piperidine rings is 1. The summed E-state index contributed by atoms with van der Waals surface area (Å²) in [7, 11) is 0. The molecule has 2 aliphatic rings. The molecule has 0 unspecified atom stereocenters. The van der Waals surface area contributed by atoms with Gasteiger partial charge in [0.2, 0.25) is 0 Å². The summed E-state index contributed by atoms with van der Waals surface area (Å²) in [5.41, 5.74) is 2.31. The van der Waals surface area contributed by atoms with Gasteiger partial charge in [0, 0.05) is 37.6 Å². The predicted molar refractivity (Wildman–Crippen MR) is 101 cm³/mol. The minimum Gasteiger partial charge on any atom is -0.459 e. The molecular formula is C21H30N2O2. The van der Waals surface area contributed by atoms with E-state index >= 15 is 0 Å². The van der Waals surface area contributed by atoms with Crippen molar-refractivity contribution in [2.75, 3.05) is 26.2 Å². The van der Waals surface area contributed by atoms with E-state index in [1.165, 1.54) is 23.8 Å². The Kier molecular flexibility index (Phi) is 4.85. The third-order valence-electron chi connectivity index (χ3n) is 5.83. The lowest BCUT2D eigenvalue weighted by atomic mass is 10.0. The molecule has 0 amide bonds. The molecule has 2 aliphatic heterocycles. The molecule has 1 aromatic carbocycles. The Morgan fingerprint density at radius 1 is 1.04 bits per heavy atom. The van der Waals surface area contributed by atoms with Gasteiger partial charge >= 0.3 is 0 Å². The maximum Gasteiger partial charge on any atom is 0.134 e. The van der Waals surface area contributed by atoms with Crippen molar-refractivity contribution in [1.29, 1.82) is 0 Å². The molecule has 1 aromatic heterocycles. The highest BCUT2D eigenvalue weighted by Crippen LogP contribution is 2.28. The number of para-hydroxylation sites is 1. The van der Waals surface area contributed by atoms with Crippen LogP contribution in [0.25, 0.3) is 11.0 Å². The van der Waals surface area contributed by atoms with Gasteiger partial charge in [-0.3, -0.25) is 9.80 Å². The van der Waals surface area contributed by atoms with Gasteiger partial charge in [-0.05, 0) is 45.2 Å². The normalized spacial score (nSPS) is 27.2. The van der Waals surface area contributed by atoms with Crippen molar-refractivity contribution in [2.45, 2.75) is 58.4 Å². The predicted octanol–water partition coefficient (Wildman–Crippen LogP) is 3.81. The number of ether oxygens (including phenoxy) is 1. The maximum atomic E-state index is 6.10. The highest BCUT2D eigenvalue weighted by Gasteiger charge is 2.30. The Balaban J connectivity index is 1.36. The fourth-order valence-electron chi connectivity index (χ4n) is 4.54. The zero-order valence-corrected chi connectivity index (χ0v) is 15.7. The Hall–Kier alpha value is -1.36. The van der Waals surface area contributed by atoms with Crippen LogP contribution in [-0.2, 0) is 11.3 Å². The number of hydrogen-bond donors (Lipinski definition) is 0. The summed E-state index contributed by atoms with van der Waals surface area (Å²) in [5, 5.41) is 1.25. The first-order chi connectivity index (χ1) is 12.1. The number of aryl methyl sites for hydroxylation is 1. The molecule has 2 fully saturated rings. The van der Waals surface area contributed by atoms with E-state index in [4.69, 9.17) is 9.15 Å². The molecule has 3 heterocycles. The van der Waals surface area contributed by atoms with Crippen molar-refractivity contribution in [1.82, 2.24) is 9.80 Å². The van der Waals surface area contributed by atoms with Crippen molar-refractivity contribution in [3.8, 4) is 0 Å². The Morgan fingerprint density at radius 2 is 1.72 bits per heavy atom. The SMILES string of the molecule is Cc1c(CN2CCC(N3C[C@@H](C)O[C@H](C)C3)CC2)oc2ccccc12. The molecule has 0 bridgehead atoms. The maximum absolute atomic E-state index is 6.10. The summed E-state index contributed by atoms with van der Waals surface area (Å²) < 4.78 is 12.0. The zero-order valence-electron chi connectivity index (χ0n) is 15.7. The molecule has 0 radical (unpaired) electrons. The molecule has 4 nitrogen and oxygen atoms in total. The second-order valence-corrected chi connectivity index (χ2v) is 7.86. The van der Waals surface area contributed by atoms with Crippen LogP contribution < -0.4 is 0 Å². The van der Waals surface area contributed by atoms with Crippen LogP contribution in [0.15, 0.2) is 28.7 Å². The molecule has 2 saturated heterocycles. The van der Waals surface area contributed by atoms with Crippen LogP contribution in [0.3, 0.4) is 0 Å². The first-order valence-corrected chi connectivity index (χ1v) is 9.69. The van der Waals surface area contributed by atoms with Gasteiger partial charge < -0.3 is 9.15 Å². The molecule has 2 atom stereocenters. The quantitative estimate of drug-likeness (QED) is 0.848. The Morgan fingerprint density at radius 3 is 2.40 bits per heavy atom. The minimum atomic E-state index is 0.361. The van der Waals surface area contributed by atoms with Crippen LogP contribution in [0.4, 0.5) is 0 Å². The van der Waals surface area contributed by atoms with E-state index in [2.05, 4.69) is 48.8 Å². The highest BCUT2D eigenvalue weighted by molar-refractivity contribution is 5.81. The molecule has 4 heteroatoms. The van der Waals surface area contributed by atoms with Crippen LogP contribution in [0.1, 0.15) is 38.0 Å². The smallest absolute Gasteiger partial charge is 0.134 e. The van der Waals surface area contributed by atoms with E-state index < -0.39 is 0 Å². The van der Waals surface area contributed by atoms with Crippen molar-refractivity contribution >= 4 is 11.0 Å². The molecule has 2 aromatic rings. The van der Waals surface area contributed by atoms with Gasteiger partial charge in [-0.2, -0.15) is 0 Å². The second kappa shape index (κ2) is 7.10. The number of benzene rings is 1. The average molecular weight is 342 g/mol. The minimum absolute atomic E-state index is 0.361. The van der Waals surface area contributed by atoms with Gasteiger partial charge in [0.1, 0.15) is 11.3 Å². The number of rotatable bonds is 3. The van der Waals surface area contributed by atoms with Crippen molar-refractivity contribution in [3.05, 3.63) is 35.6 Å². The lowest BCUT2D eigenvalue weighted by molar-refractivity contribution is -0.0866. The van der Waals surface area contributed by atoms with Gasteiger partial charge in [0.05, 0.1) is 18.8 Å².